The van der Waals surface area contributed by atoms with Gasteiger partial charge < -0.3 is 37.9 Å². The molecule has 4 atom stereocenters. The molecule has 4 aliphatic rings. The van der Waals surface area contributed by atoms with Crippen molar-refractivity contribution in [2.24, 2.45) is 5.41 Å². The highest BCUT2D eigenvalue weighted by Gasteiger charge is 2.49. The number of benzene rings is 2. The second kappa shape index (κ2) is 19.9. The first-order chi connectivity index (χ1) is 27.5. The minimum Gasteiger partial charge on any atom is -0.464 e. The van der Waals surface area contributed by atoms with Gasteiger partial charge in [-0.3, -0.25) is 0 Å². The van der Waals surface area contributed by atoms with Gasteiger partial charge in [0.2, 0.25) is 0 Å². The summed E-state index contributed by atoms with van der Waals surface area (Å²) < 4.78 is 44.1. The lowest BCUT2D eigenvalue weighted by Gasteiger charge is -2.30. The van der Waals surface area contributed by atoms with Crippen molar-refractivity contribution in [2.75, 3.05) is 49.4 Å². The Morgan fingerprint density at radius 1 is 0.509 bits per heavy atom. The zero-order chi connectivity index (χ0) is 40.7. The Labute approximate surface area is 350 Å². The molecular formula is C41H48O12S4. The Hall–Kier alpha value is -2.96. The van der Waals surface area contributed by atoms with E-state index in [9.17, 15) is 19.2 Å². The summed E-state index contributed by atoms with van der Waals surface area (Å²) in [7, 11) is 0. The molecule has 0 bridgehead atoms. The Bertz CT molecular complexity index is 1660. The molecule has 0 aromatic heterocycles. The third-order valence-electron chi connectivity index (χ3n) is 9.47. The Balaban J connectivity index is 1.08. The average Bonchev–Trinajstić information content (AvgIpc) is 3.79. The molecule has 0 aliphatic carbocycles. The number of carbonyl (C=O) groups excluding carboxylic acids is 4. The fraction of sp³-hybridized carbons (Fsp3) is 0.512. The van der Waals surface area contributed by atoms with E-state index in [1.54, 1.807) is 27.7 Å². The van der Waals surface area contributed by atoms with E-state index in [1.165, 1.54) is 19.6 Å². The van der Waals surface area contributed by atoms with Crippen molar-refractivity contribution in [3.63, 3.8) is 0 Å². The summed E-state index contributed by atoms with van der Waals surface area (Å²) in [5.74, 6) is 1.22. The molecule has 57 heavy (non-hydrogen) atoms. The monoisotopic (exact) mass is 860 g/mol. The fourth-order valence-corrected chi connectivity index (χ4v) is 12.7. The van der Waals surface area contributed by atoms with Crippen LogP contribution in [0.1, 0.15) is 76.4 Å². The number of hydrogen-bond acceptors (Lipinski definition) is 16. The van der Waals surface area contributed by atoms with Crippen molar-refractivity contribution in [1.82, 2.24) is 0 Å². The van der Waals surface area contributed by atoms with Crippen LogP contribution in [0.15, 0.2) is 58.3 Å². The lowest BCUT2D eigenvalue weighted by atomic mass is 9.99. The molecule has 2 aromatic rings. The molecule has 2 saturated heterocycles. The van der Waals surface area contributed by atoms with Crippen LogP contribution in [0.25, 0.3) is 9.81 Å². The van der Waals surface area contributed by atoms with Crippen molar-refractivity contribution in [1.29, 1.82) is 0 Å². The van der Waals surface area contributed by atoms with Crippen LogP contribution in [-0.4, -0.2) is 97.7 Å². The van der Waals surface area contributed by atoms with Gasteiger partial charge in [-0.25, -0.2) is 19.2 Å². The number of rotatable bonds is 12. The quantitative estimate of drug-likeness (QED) is 0.153. The fourth-order valence-electron chi connectivity index (χ4n) is 6.52. The van der Waals surface area contributed by atoms with Gasteiger partial charge in [-0.2, -0.15) is 0 Å². The van der Waals surface area contributed by atoms with Crippen molar-refractivity contribution in [2.45, 2.75) is 78.5 Å². The number of hydrogen-bond donors (Lipinski definition) is 0. The van der Waals surface area contributed by atoms with Gasteiger partial charge in [-0.05, 0) is 62.5 Å². The number of esters is 4. The third-order valence-corrected chi connectivity index (χ3v) is 15.7. The molecule has 0 unspecified atom stereocenters. The Morgan fingerprint density at radius 2 is 0.789 bits per heavy atom. The van der Waals surface area contributed by atoms with Crippen LogP contribution in [0, 0.1) is 5.41 Å². The van der Waals surface area contributed by atoms with Gasteiger partial charge in [0.25, 0.3) is 0 Å². The molecule has 6 rings (SSSR count). The molecule has 2 aromatic carbocycles. The van der Waals surface area contributed by atoms with Crippen LogP contribution in [0.4, 0.5) is 0 Å². The van der Waals surface area contributed by atoms with E-state index in [0.29, 0.717) is 11.1 Å². The first kappa shape index (κ1) is 43.6. The summed E-state index contributed by atoms with van der Waals surface area (Å²) in [5, 5.41) is 0. The van der Waals surface area contributed by atoms with Crippen LogP contribution < -0.4 is 0 Å². The van der Waals surface area contributed by atoms with Crippen molar-refractivity contribution >= 4 is 80.7 Å². The molecule has 0 amide bonds. The smallest absolute Gasteiger partial charge is 0.338 e. The SMILES string of the molecule is CCOC(=O)[C@@H]1OC(c2ccc(C3=C(C)SCC4(CSC(C)=C(c5ccc(C6O[C@@H](C(=O)OCC)[C@H](C(=O)OCC)O6)cc5)SC4)CS3)cc2)O[C@H]1C(=O)OCC. The van der Waals surface area contributed by atoms with Gasteiger partial charge in [0.05, 0.1) is 26.4 Å². The molecule has 0 radical (unpaired) electrons. The van der Waals surface area contributed by atoms with E-state index in [0.717, 1.165) is 34.1 Å². The first-order valence-corrected chi connectivity index (χ1v) is 22.9. The molecule has 2 fully saturated rings. The second-order valence-corrected chi connectivity index (χ2v) is 17.9. The van der Waals surface area contributed by atoms with Gasteiger partial charge in [0, 0.05) is 49.4 Å². The standard InChI is InChI=1S/C41H48O12S4/c1-7-46-35(42)29-30(36(43)47-8-2)51-39(50-29)27-15-11-25(12-16-27)33-23(5)54-19-41(21-56-33)20-55-24(6)34(57-22-41)26-13-17-28(18-14-26)40-52-31(37(44)48-9-3)32(53-40)38(45)49-10-4/h11-18,29-32,39-40H,7-10,19-22H2,1-6H3/t29-,30-,31-,32-,41?/m1/s1. The highest BCUT2D eigenvalue weighted by Crippen LogP contribution is 2.52. The first-order valence-electron chi connectivity index (χ1n) is 18.9. The largest absolute Gasteiger partial charge is 0.464 e. The minimum atomic E-state index is -1.21. The average molecular weight is 861 g/mol. The van der Waals surface area contributed by atoms with Gasteiger partial charge in [0.1, 0.15) is 0 Å². The van der Waals surface area contributed by atoms with E-state index >= 15 is 0 Å². The van der Waals surface area contributed by atoms with E-state index in [-0.39, 0.29) is 31.8 Å². The van der Waals surface area contributed by atoms with Crippen molar-refractivity contribution in [3.8, 4) is 0 Å². The van der Waals surface area contributed by atoms with Gasteiger partial charge in [-0.15, -0.1) is 47.0 Å². The van der Waals surface area contributed by atoms with E-state index < -0.39 is 60.9 Å². The summed E-state index contributed by atoms with van der Waals surface area (Å²) in [6, 6.07) is 15.8. The molecule has 4 aliphatic heterocycles. The third kappa shape index (κ3) is 10.1. The summed E-state index contributed by atoms with van der Waals surface area (Å²) in [6.07, 6.45) is -6.68. The molecular weight excluding hydrogens is 813 g/mol. The molecule has 16 heteroatoms. The normalized spacial score (nSPS) is 24.2. The summed E-state index contributed by atoms with van der Waals surface area (Å²) in [6.45, 7) is 11.7. The summed E-state index contributed by atoms with van der Waals surface area (Å²) >= 11 is 7.54. The topological polar surface area (TPSA) is 142 Å². The van der Waals surface area contributed by atoms with Crippen LogP contribution in [0.3, 0.4) is 0 Å². The second-order valence-electron chi connectivity index (χ2n) is 13.6. The van der Waals surface area contributed by atoms with Crippen LogP contribution in [0.5, 0.6) is 0 Å². The zero-order valence-corrected chi connectivity index (χ0v) is 36.0. The Morgan fingerprint density at radius 3 is 1.07 bits per heavy atom. The molecule has 0 saturated carbocycles. The zero-order valence-electron chi connectivity index (χ0n) is 32.8. The van der Waals surface area contributed by atoms with Gasteiger partial charge in [-0.1, -0.05) is 48.5 Å². The highest BCUT2D eigenvalue weighted by atomic mass is 32.2. The van der Waals surface area contributed by atoms with Gasteiger partial charge >= 0.3 is 23.9 Å². The predicted octanol–water partition coefficient (Wildman–Crippen LogP) is 7.53. The maximum absolute atomic E-state index is 12.6. The van der Waals surface area contributed by atoms with Crippen LogP contribution >= 0.6 is 47.0 Å². The molecule has 0 N–H and O–H groups in total. The lowest BCUT2D eigenvalue weighted by Crippen LogP contribution is -2.39. The van der Waals surface area contributed by atoms with Crippen molar-refractivity contribution < 1.29 is 57.1 Å². The number of allylic oxidation sites excluding steroid dienone is 2. The van der Waals surface area contributed by atoms with Crippen molar-refractivity contribution in [3.05, 3.63) is 80.6 Å². The van der Waals surface area contributed by atoms with Crippen LogP contribution in [0.2, 0.25) is 0 Å². The maximum Gasteiger partial charge on any atom is 0.338 e. The minimum absolute atomic E-state index is 0.0715. The predicted molar refractivity (Wildman–Crippen MR) is 222 cm³/mol. The van der Waals surface area contributed by atoms with Crippen LogP contribution in [-0.2, 0) is 57.1 Å². The van der Waals surface area contributed by atoms with E-state index in [1.807, 2.05) is 95.6 Å². The van der Waals surface area contributed by atoms with E-state index in [4.69, 9.17) is 37.9 Å². The number of carbonyl (C=O) groups is 4. The lowest BCUT2D eigenvalue weighted by molar-refractivity contribution is -0.163. The maximum atomic E-state index is 12.6. The van der Waals surface area contributed by atoms with Gasteiger partial charge in [0.15, 0.2) is 37.0 Å². The molecule has 1 spiro atoms. The molecule has 308 valence electrons. The Kier molecular flexibility index (Phi) is 15.2. The molecule has 4 heterocycles. The summed E-state index contributed by atoms with van der Waals surface area (Å²) in [5.41, 5.74) is 3.60. The molecule has 12 nitrogen and oxygen atoms in total. The van der Waals surface area contributed by atoms with E-state index in [2.05, 4.69) is 13.8 Å². The number of thioether (sulfide) groups is 4. The summed E-state index contributed by atoms with van der Waals surface area (Å²) in [4.78, 5) is 55.3. The number of ether oxygens (including phenoxy) is 8. The highest BCUT2D eigenvalue weighted by molar-refractivity contribution is 8.13.